The Morgan fingerprint density at radius 2 is 2.22 bits per heavy atom. The highest BCUT2D eigenvalue weighted by molar-refractivity contribution is 7.19. The molecule has 0 bridgehead atoms. The first kappa shape index (κ1) is 11.4. The van der Waals surface area contributed by atoms with Crippen LogP contribution in [-0.2, 0) is 7.05 Å². The molecule has 92 valence electrons. The number of aryl methyl sites for hydroxylation is 1. The molecule has 3 nitrogen and oxygen atoms in total. The molecule has 1 atom stereocenters. The van der Waals surface area contributed by atoms with E-state index >= 15 is 0 Å². The molecule has 0 aliphatic rings. The van der Waals surface area contributed by atoms with E-state index in [1.807, 2.05) is 23.9 Å². The molecule has 0 saturated heterocycles. The van der Waals surface area contributed by atoms with Crippen LogP contribution >= 0.6 is 11.3 Å². The van der Waals surface area contributed by atoms with E-state index in [9.17, 15) is 4.39 Å². The fourth-order valence-electron chi connectivity index (χ4n) is 1.99. The van der Waals surface area contributed by atoms with Crippen molar-refractivity contribution in [2.75, 3.05) is 0 Å². The first-order valence-corrected chi connectivity index (χ1v) is 6.38. The van der Waals surface area contributed by atoms with E-state index in [1.54, 1.807) is 23.6 Å². The highest BCUT2D eigenvalue weighted by Crippen LogP contribution is 2.31. The van der Waals surface area contributed by atoms with Gasteiger partial charge >= 0.3 is 0 Å². The Morgan fingerprint density at radius 3 is 2.94 bits per heavy atom. The van der Waals surface area contributed by atoms with Crippen molar-refractivity contribution < 1.29 is 4.39 Å². The van der Waals surface area contributed by atoms with Gasteiger partial charge in [0.05, 0.1) is 6.04 Å². The molecular weight excluding hydrogens is 249 g/mol. The summed E-state index contributed by atoms with van der Waals surface area (Å²) in [6, 6.07) is 6.44. The first-order valence-electron chi connectivity index (χ1n) is 5.57. The molecule has 3 aromatic rings. The Labute approximate surface area is 108 Å². The average molecular weight is 261 g/mol. The smallest absolute Gasteiger partial charge is 0.130 e. The predicted octanol–water partition coefficient (Wildman–Crippen LogP) is 2.82. The standard InChI is InChI=1S/C13H12FN3S/c1-17-5-4-16-13(17)12(15)11-7-8-6-9(14)2-3-10(8)18-11/h2-7,12H,15H2,1H3. The minimum atomic E-state index is -0.273. The number of hydrogen-bond acceptors (Lipinski definition) is 3. The second-order valence-corrected chi connectivity index (χ2v) is 5.32. The number of imidazole rings is 1. The summed E-state index contributed by atoms with van der Waals surface area (Å²) >= 11 is 1.58. The lowest BCUT2D eigenvalue weighted by Crippen LogP contribution is -2.15. The molecule has 0 spiro atoms. The third-order valence-corrected chi connectivity index (χ3v) is 4.14. The number of benzene rings is 1. The van der Waals surface area contributed by atoms with Crippen molar-refractivity contribution in [3.8, 4) is 0 Å². The monoisotopic (exact) mass is 261 g/mol. The SMILES string of the molecule is Cn1ccnc1C(N)c1cc2cc(F)ccc2s1. The summed E-state index contributed by atoms with van der Waals surface area (Å²) in [4.78, 5) is 5.24. The number of fused-ring (bicyclic) bond motifs is 1. The van der Waals surface area contributed by atoms with Crippen LogP contribution < -0.4 is 5.73 Å². The van der Waals surface area contributed by atoms with Crippen molar-refractivity contribution in [1.82, 2.24) is 9.55 Å². The summed E-state index contributed by atoms with van der Waals surface area (Å²) in [6.07, 6.45) is 3.59. The predicted molar refractivity (Wildman–Crippen MR) is 71.0 cm³/mol. The number of aromatic nitrogens is 2. The van der Waals surface area contributed by atoms with Crippen LogP contribution in [0.4, 0.5) is 4.39 Å². The summed E-state index contributed by atoms with van der Waals surface area (Å²) in [5, 5.41) is 0.889. The van der Waals surface area contributed by atoms with Gasteiger partial charge in [-0.25, -0.2) is 9.37 Å². The fourth-order valence-corrected chi connectivity index (χ4v) is 3.04. The second-order valence-electron chi connectivity index (χ2n) is 4.20. The molecule has 0 amide bonds. The number of nitrogens with two attached hydrogens (primary N) is 1. The number of hydrogen-bond donors (Lipinski definition) is 1. The minimum absolute atomic E-state index is 0.225. The van der Waals surface area contributed by atoms with Crippen LogP contribution in [0.3, 0.4) is 0 Å². The van der Waals surface area contributed by atoms with Gasteiger partial charge in [-0.15, -0.1) is 11.3 Å². The van der Waals surface area contributed by atoms with Crippen LogP contribution in [0.5, 0.6) is 0 Å². The van der Waals surface area contributed by atoms with Crippen molar-refractivity contribution in [3.05, 3.63) is 53.2 Å². The van der Waals surface area contributed by atoms with Crippen molar-refractivity contribution >= 4 is 21.4 Å². The van der Waals surface area contributed by atoms with Crippen LogP contribution in [0, 0.1) is 5.82 Å². The van der Waals surface area contributed by atoms with E-state index in [-0.39, 0.29) is 11.9 Å². The summed E-state index contributed by atoms with van der Waals surface area (Å²) < 4.78 is 16.1. The summed E-state index contributed by atoms with van der Waals surface area (Å²) in [5.74, 6) is 0.583. The van der Waals surface area contributed by atoms with E-state index < -0.39 is 0 Å². The van der Waals surface area contributed by atoms with Crippen LogP contribution in [-0.4, -0.2) is 9.55 Å². The largest absolute Gasteiger partial charge is 0.336 e. The van der Waals surface area contributed by atoms with Crippen LogP contribution in [0.1, 0.15) is 16.7 Å². The molecule has 3 rings (SSSR count). The maximum atomic E-state index is 13.1. The molecule has 0 saturated carbocycles. The van der Waals surface area contributed by atoms with E-state index in [2.05, 4.69) is 4.98 Å². The first-order chi connectivity index (χ1) is 8.65. The second kappa shape index (κ2) is 4.19. The van der Waals surface area contributed by atoms with Gasteiger partial charge in [0.1, 0.15) is 11.6 Å². The molecule has 0 aliphatic carbocycles. The number of rotatable bonds is 2. The van der Waals surface area contributed by atoms with Crippen molar-refractivity contribution in [2.24, 2.45) is 12.8 Å². The highest BCUT2D eigenvalue weighted by Gasteiger charge is 2.16. The lowest BCUT2D eigenvalue weighted by Gasteiger charge is -2.08. The zero-order chi connectivity index (χ0) is 12.7. The Balaban J connectivity index is 2.07. The van der Waals surface area contributed by atoms with E-state index in [4.69, 9.17) is 5.73 Å². The molecule has 1 aromatic carbocycles. The van der Waals surface area contributed by atoms with Crippen molar-refractivity contribution in [3.63, 3.8) is 0 Å². The minimum Gasteiger partial charge on any atom is -0.336 e. The van der Waals surface area contributed by atoms with Gasteiger partial charge in [0.2, 0.25) is 0 Å². The van der Waals surface area contributed by atoms with Gasteiger partial charge in [-0.2, -0.15) is 0 Å². The maximum Gasteiger partial charge on any atom is 0.130 e. The average Bonchev–Trinajstić information content (AvgIpc) is 2.93. The normalized spacial score (nSPS) is 13.1. The van der Waals surface area contributed by atoms with Crippen molar-refractivity contribution in [2.45, 2.75) is 6.04 Å². The van der Waals surface area contributed by atoms with E-state index in [0.717, 1.165) is 20.8 Å². The Hall–Kier alpha value is -1.72. The Kier molecular flexibility index (Phi) is 2.65. The van der Waals surface area contributed by atoms with Gasteiger partial charge < -0.3 is 10.3 Å². The van der Waals surface area contributed by atoms with Gasteiger partial charge in [-0.1, -0.05) is 0 Å². The van der Waals surface area contributed by atoms with Gasteiger partial charge in [-0.05, 0) is 29.7 Å². The van der Waals surface area contributed by atoms with Crippen LogP contribution in [0.25, 0.3) is 10.1 Å². The molecular formula is C13H12FN3S. The molecule has 18 heavy (non-hydrogen) atoms. The molecule has 1 unspecified atom stereocenters. The van der Waals surface area contributed by atoms with Crippen LogP contribution in [0.2, 0.25) is 0 Å². The zero-order valence-corrected chi connectivity index (χ0v) is 10.6. The molecule has 5 heteroatoms. The third kappa shape index (κ3) is 1.81. The lowest BCUT2D eigenvalue weighted by molar-refractivity contribution is 0.630. The molecule has 2 heterocycles. The molecule has 0 fully saturated rings. The third-order valence-electron chi connectivity index (χ3n) is 2.94. The van der Waals surface area contributed by atoms with E-state index in [1.165, 1.54) is 12.1 Å². The molecule has 0 aliphatic heterocycles. The Bertz CT molecular complexity index is 701. The fraction of sp³-hybridized carbons (Fsp3) is 0.154. The lowest BCUT2D eigenvalue weighted by atomic mass is 10.2. The van der Waals surface area contributed by atoms with Gasteiger partial charge in [0.25, 0.3) is 0 Å². The van der Waals surface area contributed by atoms with Crippen LogP contribution in [0.15, 0.2) is 36.7 Å². The summed E-state index contributed by atoms with van der Waals surface area (Å²) in [5.41, 5.74) is 6.20. The highest BCUT2D eigenvalue weighted by atomic mass is 32.1. The molecule has 2 aromatic heterocycles. The topological polar surface area (TPSA) is 43.8 Å². The maximum absolute atomic E-state index is 13.1. The van der Waals surface area contributed by atoms with E-state index in [0.29, 0.717) is 0 Å². The van der Waals surface area contributed by atoms with Gasteiger partial charge in [0, 0.05) is 29.0 Å². The van der Waals surface area contributed by atoms with Gasteiger partial charge in [0.15, 0.2) is 0 Å². The van der Waals surface area contributed by atoms with Gasteiger partial charge in [-0.3, -0.25) is 0 Å². The number of halogens is 1. The summed E-state index contributed by atoms with van der Waals surface area (Å²) in [7, 11) is 1.91. The molecule has 2 N–H and O–H groups in total. The molecule has 0 radical (unpaired) electrons. The zero-order valence-electron chi connectivity index (χ0n) is 9.80. The van der Waals surface area contributed by atoms with Crippen molar-refractivity contribution in [1.29, 1.82) is 0 Å². The quantitative estimate of drug-likeness (QED) is 0.771. The number of thiophene rings is 1. The summed E-state index contributed by atoms with van der Waals surface area (Å²) in [6.45, 7) is 0. The Morgan fingerprint density at radius 1 is 1.39 bits per heavy atom. The number of nitrogens with zero attached hydrogens (tertiary/aromatic N) is 2.